The van der Waals surface area contributed by atoms with E-state index in [0.29, 0.717) is 18.1 Å². The Balaban J connectivity index is 1.64. The van der Waals surface area contributed by atoms with E-state index in [9.17, 15) is 4.79 Å². The van der Waals surface area contributed by atoms with Gasteiger partial charge in [0, 0.05) is 50.6 Å². The van der Waals surface area contributed by atoms with Crippen molar-refractivity contribution in [3.63, 3.8) is 0 Å². The number of anilines is 1. The Bertz CT molecular complexity index is 774. The van der Waals surface area contributed by atoms with Gasteiger partial charge < -0.3 is 19.9 Å². The van der Waals surface area contributed by atoms with Crippen LogP contribution in [0.15, 0.2) is 30.7 Å². The van der Waals surface area contributed by atoms with Crippen LogP contribution in [0, 0.1) is 0 Å². The quantitative estimate of drug-likeness (QED) is 0.821. The SMILES string of the molecule is CC(C)Oc1ncccc1CNC(=O)c1cc(N2CCN(C)CC2)ncn1. The van der Waals surface area contributed by atoms with E-state index in [-0.39, 0.29) is 12.0 Å². The molecule has 0 aromatic carbocycles. The molecule has 27 heavy (non-hydrogen) atoms. The Labute approximate surface area is 159 Å². The van der Waals surface area contributed by atoms with E-state index in [4.69, 9.17) is 4.74 Å². The number of piperazine rings is 1. The van der Waals surface area contributed by atoms with Crippen LogP contribution in [0.2, 0.25) is 0 Å². The number of amides is 1. The summed E-state index contributed by atoms with van der Waals surface area (Å²) in [5, 5.41) is 2.89. The molecule has 0 saturated carbocycles. The number of ether oxygens (including phenoxy) is 1. The molecule has 1 amide bonds. The summed E-state index contributed by atoms with van der Waals surface area (Å²) >= 11 is 0. The Morgan fingerprint density at radius 2 is 2.00 bits per heavy atom. The molecule has 0 radical (unpaired) electrons. The van der Waals surface area contributed by atoms with Crippen LogP contribution in [0.25, 0.3) is 0 Å². The third-order valence-corrected chi connectivity index (χ3v) is 4.35. The van der Waals surface area contributed by atoms with Crippen molar-refractivity contribution in [2.24, 2.45) is 0 Å². The summed E-state index contributed by atoms with van der Waals surface area (Å²) < 4.78 is 5.69. The molecule has 1 aliphatic rings. The first-order valence-electron chi connectivity index (χ1n) is 9.17. The van der Waals surface area contributed by atoms with Crippen molar-refractivity contribution in [2.75, 3.05) is 38.1 Å². The lowest BCUT2D eigenvalue weighted by Crippen LogP contribution is -2.44. The molecule has 2 aromatic rings. The number of likely N-dealkylation sites (N-methyl/N-ethyl adjacent to an activating group) is 1. The minimum Gasteiger partial charge on any atom is -0.475 e. The molecule has 8 heteroatoms. The van der Waals surface area contributed by atoms with Gasteiger partial charge in [-0.05, 0) is 27.0 Å². The van der Waals surface area contributed by atoms with E-state index in [1.165, 1.54) is 6.33 Å². The molecule has 1 aliphatic heterocycles. The molecule has 0 aliphatic carbocycles. The Kier molecular flexibility index (Phi) is 6.18. The summed E-state index contributed by atoms with van der Waals surface area (Å²) in [6, 6.07) is 5.46. The summed E-state index contributed by atoms with van der Waals surface area (Å²) in [5.41, 5.74) is 1.18. The average molecular weight is 370 g/mol. The van der Waals surface area contributed by atoms with Gasteiger partial charge in [-0.2, -0.15) is 0 Å². The number of carbonyl (C=O) groups is 1. The Morgan fingerprint density at radius 3 is 2.74 bits per heavy atom. The van der Waals surface area contributed by atoms with E-state index < -0.39 is 0 Å². The Morgan fingerprint density at radius 1 is 1.22 bits per heavy atom. The Hall–Kier alpha value is -2.74. The molecule has 1 saturated heterocycles. The van der Waals surface area contributed by atoms with Crippen LogP contribution >= 0.6 is 0 Å². The van der Waals surface area contributed by atoms with E-state index in [1.807, 2.05) is 26.0 Å². The number of hydrogen-bond acceptors (Lipinski definition) is 7. The highest BCUT2D eigenvalue weighted by Crippen LogP contribution is 2.16. The van der Waals surface area contributed by atoms with Crippen molar-refractivity contribution < 1.29 is 9.53 Å². The van der Waals surface area contributed by atoms with Crippen molar-refractivity contribution in [3.05, 3.63) is 42.0 Å². The molecule has 144 valence electrons. The van der Waals surface area contributed by atoms with E-state index >= 15 is 0 Å². The van der Waals surface area contributed by atoms with E-state index in [0.717, 1.165) is 37.6 Å². The molecule has 8 nitrogen and oxygen atoms in total. The van der Waals surface area contributed by atoms with Crippen LogP contribution in [0.5, 0.6) is 5.88 Å². The highest BCUT2D eigenvalue weighted by molar-refractivity contribution is 5.92. The molecule has 1 fully saturated rings. The van der Waals surface area contributed by atoms with Crippen molar-refractivity contribution in [1.29, 1.82) is 0 Å². The van der Waals surface area contributed by atoms with Gasteiger partial charge in [-0.15, -0.1) is 0 Å². The first kappa shape index (κ1) is 19.0. The van der Waals surface area contributed by atoms with Crippen LogP contribution in [0.3, 0.4) is 0 Å². The number of carbonyl (C=O) groups excluding carboxylic acids is 1. The minimum atomic E-state index is -0.243. The number of hydrogen-bond donors (Lipinski definition) is 1. The zero-order valence-electron chi connectivity index (χ0n) is 16.1. The predicted molar refractivity (Wildman–Crippen MR) is 103 cm³/mol. The van der Waals surface area contributed by atoms with Gasteiger partial charge in [0.1, 0.15) is 17.8 Å². The molecule has 0 atom stereocenters. The van der Waals surface area contributed by atoms with Crippen molar-refractivity contribution in [1.82, 2.24) is 25.2 Å². The van der Waals surface area contributed by atoms with Gasteiger partial charge in [-0.25, -0.2) is 15.0 Å². The maximum Gasteiger partial charge on any atom is 0.270 e. The monoisotopic (exact) mass is 370 g/mol. The number of rotatable bonds is 6. The van der Waals surface area contributed by atoms with Gasteiger partial charge in [-0.3, -0.25) is 4.79 Å². The lowest BCUT2D eigenvalue weighted by atomic mass is 10.2. The van der Waals surface area contributed by atoms with E-state index in [1.54, 1.807) is 12.3 Å². The summed E-state index contributed by atoms with van der Waals surface area (Å²) in [6.07, 6.45) is 3.14. The fraction of sp³-hybridized carbons (Fsp3) is 0.474. The fourth-order valence-electron chi connectivity index (χ4n) is 2.83. The van der Waals surface area contributed by atoms with Gasteiger partial charge in [-0.1, -0.05) is 6.07 Å². The summed E-state index contributed by atoms with van der Waals surface area (Å²) in [6.45, 7) is 7.94. The smallest absolute Gasteiger partial charge is 0.270 e. The van der Waals surface area contributed by atoms with E-state index in [2.05, 4.69) is 37.1 Å². The van der Waals surface area contributed by atoms with Crippen LogP contribution < -0.4 is 15.0 Å². The summed E-state index contributed by atoms with van der Waals surface area (Å²) in [5.74, 6) is 1.08. The molecular formula is C19H26N6O2. The second-order valence-electron chi connectivity index (χ2n) is 6.87. The summed E-state index contributed by atoms with van der Waals surface area (Å²) in [7, 11) is 2.10. The van der Waals surface area contributed by atoms with Gasteiger partial charge in [0.25, 0.3) is 5.91 Å². The van der Waals surface area contributed by atoms with Gasteiger partial charge in [0.15, 0.2) is 0 Å². The molecule has 0 unspecified atom stereocenters. The van der Waals surface area contributed by atoms with Crippen molar-refractivity contribution in [2.45, 2.75) is 26.5 Å². The van der Waals surface area contributed by atoms with Gasteiger partial charge in [0.2, 0.25) is 5.88 Å². The number of nitrogens with one attached hydrogen (secondary N) is 1. The minimum absolute atomic E-state index is 0.0161. The second-order valence-corrected chi connectivity index (χ2v) is 6.87. The molecule has 1 N–H and O–H groups in total. The lowest BCUT2D eigenvalue weighted by molar-refractivity contribution is 0.0945. The predicted octanol–water partition coefficient (Wildman–Crippen LogP) is 1.34. The van der Waals surface area contributed by atoms with Gasteiger partial charge >= 0.3 is 0 Å². The molecule has 3 heterocycles. The lowest BCUT2D eigenvalue weighted by Gasteiger charge is -2.33. The topological polar surface area (TPSA) is 83.5 Å². The van der Waals surface area contributed by atoms with Crippen molar-refractivity contribution in [3.8, 4) is 5.88 Å². The zero-order valence-corrected chi connectivity index (χ0v) is 16.1. The highest BCUT2D eigenvalue weighted by Gasteiger charge is 2.17. The standard InChI is InChI=1S/C19H26N6O2/c1-14(2)27-19-15(5-4-6-20-19)12-21-18(26)16-11-17(23-13-22-16)25-9-7-24(3)8-10-25/h4-6,11,13-14H,7-10,12H2,1-3H3,(H,21,26). The molecule has 2 aromatic heterocycles. The number of aromatic nitrogens is 3. The molecule has 0 spiro atoms. The number of nitrogens with zero attached hydrogens (tertiary/aromatic N) is 5. The first-order valence-corrected chi connectivity index (χ1v) is 9.17. The zero-order chi connectivity index (χ0) is 19.2. The molecular weight excluding hydrogens is 344 g/mol. The van der Waals surface area contributed by atoms with Crippen LogP contribution in [0.4, 0.5) is 5.82 Å². The van der Waals surface area contributed by atoms with Crippen molar-refractivity contribution >= 4 is 11.7 Å². The molecule has 0 bridgehead atoms. The highest BCUT2D eigenvalue weighted by atomic mass is 16.5. The number of pyridine rings is 1. The van der Waals surface area contributed by atoms with Crippen LogP contribution in [0.1, 0.15) is 29.9 Å². The van der Waals surface area contributed by atoms with Gasteiger partial charge in [0.05, 0.1) is 6.10 Å². The third kappa shape index (κ3) is 5.13. The molecule has 3 rings (SSSR count). The largest absolute Gasteiger partial charge is 0.475 e. The average Bonchev–Trinajstić information content (AvgIpc) is 2.67. The first-order chi connectivity index (χ1) is 13.0. The second kappa shape index (κ2) is 8.77. The maximum absolute atomic E-state index is 12.5. The third-order valence-electron chi connectivity index (χ3n) is 4.35. The maximum atomic E-state index is 12.5. The fourth-order valence-corrected chi connectivity index (χ4v) is 2.83. The normalized spacial score (nSPS) is 15.0. The summed E-state index contributed by atoms with van der Waals surface area (Å²) in [4.78, 5) is 29.7. The van der Waals surface area contributed by atoms with Crippen LogP contribution in [-0.2, 0) is 6.54 Å². The van der Waals surface area contributed by atoms with Crippen LogP contribution in [-0.4, -0.2) is 65.1 Å².